The van der Waals surface area contributed by atoms with Gasteiger partial charge in [0.15, 0.2) is 0 Å². The van der Waals surface area contributed by atoms with E-state index >= 15 is 0 Å². The van der Waals surface area contributed by atoms with Gasteiger partial charge in [0.1, 0.15) is 5.76 Å². The first-order valence-electron chi connectivity index (χ1n) is 4.76. The Morgan fingerprint density at radius 2 is 2.00 bits per heavy atom. The molecule has 0 saturated carbocycles. The second-order valence-electron chi connectivity index (χ2n) is 2.87. The van der Waals surface area contributed by atoms with E-state index in [1.165, 1.54) is 8.42 Å². The van der Waals surface area contributed by atoms with Crippen LogP contribution in [0.25, 0.3) is 0 Å². The first-order chi connectivity index (χ1) is 7.38. The van der Waals surface area contributed by atoms with Gasteiger partial charge in [-0.15, -0.1) is 34.9 Å². The molecule has 0 fully saturated rings. The molecule has 2 aromatic heterocycles. The second kappa shape index (κ2) is 5.68. The highest BCUT2D eigenvalue weighted by molar-refractivity contribution is 8.03. The molecule has 80 valence electrons. The van der Waals surface area contributed by atoms with Crippen LogP contribution in [0, 0.1) is 0 Å². The molecular formula is C11H12OS3. The summed E-state index contributed by atoms with van der Waals surface area (Å²) in [6.45, 7) is 2.18. The summed E-state index contributed by atoms with van der Waals surface area (Å²) in [5, 5.41) is 0. The Kier molecular flexibility index (Phi) is 4.23. The zero-order valence-corrected chi connectivity index (χ0v) is 10.9. The van der Waals surface area contributed by atoms with E-state index in [0.29, 0.717) is 0 Å². The molecule has 0 atom stereocenters. The van der Waals surface area contributed by atoms with Crippen LogP contribution in [0.5, 0.6) is 0 Å². The fourth-order valence-electron chi connectivity index (χ4n) is 1.14. The summed E-state index contributed by atoms with van der Waals surface area (Å²) in [5.74, 6) is 3.10. The zero-order chi connectivity index (χ0) is 10.5. The summed E-state index contributed by atoms with van der Waals surface area (Å²) >= 11 is 5.60. The molecule has 0 amide bonds. The quantitative estimate of drug-likeness (QED) is 0.717. The van der Waals surface area contributed by atoms with Gasteiger partial charge in [0.2, 0.25) is 0 Å². The van der Waals surface area contributed by atoms with E-state index in [1.807, 2.05) is 47.0 Å². The van der Waals surface area contributed by atoms with E-state index in [0.717, 1.165) is 17.3 Å². The van der Waals surface area contributed by atoms with Crippen molar-refractivity contribution in [3.63, 3.8) is 0 Å². The fourth-order valence-corrected chi connectivity index (χ4v) is 4.37. The number of thioether (sulfide) groups is 2. The van der Waals surface area contributed by atoms with E-state index < -0.39 is 0 Å². The molecule has 1 nitrogen and oxygen atoms in total. The minimum Gasteiger partial charge on any atom is -0.468 e. The van der Waals surface area contributed by atoms with Gasteiger partial charge >= 0.3 is 0 Å². The molecule has 2 aromatic rings. The van der Waals surface area contributed by atoms with Crippen molar-refractivity contribution in [3.05, 3.63) is 36.3 Å². The van der Waals surface area contributed by atoms with E-state index in [9.17, 15) is 0 Å². The van der Waals surface area contributed by atoms with Crippen LogP contribution in [0.2, 0.25) is 0 Å². The molecule has 15 heavy (non-hydrogen) atoms. The Balaban J connectivity index is 1.88. The monoisotopic (exact) mass is 256 g/mol. The molecule has 0 spiro atoms. The number of furan rings is 1. The third-order valence-electron chi connectivity index (χ3n) is 1.78. The largest absolute Gasteiger partial charge is 0.468 e. The SMILES string of the molecule is CCSc1ccc(SCc2ccco2)s1. The van der Waals surface area contributed by atoms with Crippen LogP contribution >= 0.6 is 34.9 Å². The van der Waals surface area contributed by atoms with Gasteiger partial charge in [-0.25, -0.2) is 0 Å². The van der Waals surface area contributed by atoms with Crippen LogP contribution in [0.4, 0.5) is 0 Å². The van der Waals surface area contributed by atoms with E-state index in [-0.39, 0.29) is 0 Å². The molecule has 0 aliphatic carbocycles. The first-order valence-corrected chi connectivity index (χ1v) is 7.55. The highest BCUT2D eigenvalue weighted by Crippen LogP contribution is 2.34. The summed E-state index contributed by atoms with van der Waals surface area (Å²) in [6, 6.07) is 8.34. The molecule has 0 aliphatic heterocycles. The van der Waals surface area contributed by atoms with Crippen molar-refractivity contribution in [2.24, 2.45) is 0 Å². The van der Waals surface area contributed by atoms with Gasteiger partial charge in [-0.05, 0) is 30.0 Å². The van der Waals surface area contributed by atoms with Crippen LogP contribution < -0.4 is 0 Å². The van der Waals surface area contributed by atoms with Crippen LogP contribution in [0.3, 0.4) is 0 Å². The number of hydrogen-bond donors (Lipinski definition) is 0. The Labute approximate surface area is 102 Å². The minimum atomic E-state index is 0.920. The highest BCUT2D eigenvalue weighted by atomic mass is 32.2. The van der Waals surface area contributed by atoms with Gasteiger partial charge in [-0.3, -0.25) is 0 Å². The van der Waals surface area contributed by atoms with Crippen LogP contribution in [-0.4, -0.2) is 5.75 Å². The van der Waals surface area contributed by atoms with E-state index in [1.54, 1.807) is 6.26 Å². The second-order valence-corrected chi connectivity index (χ2v) is 6.80. The maximum atomic E-state index is 5.29. The van der Waals surface area contributed by atoms with Gasteiger partial charge in [0.05, 0.1) is 20.4 Å². The van der Waals surface area contributed by atoms with Gasteiger partial charge in [0.25, 0.3) is 0 Å². The lowest BCUT2D eigenvalue weighted by Crippen LogP contribution is -1.71. The van der Waals surface area contributed by atoms with Crippen molar-refractivity contribution in [2.75, 3.05) is 5.75 Å². The van der Waals surface area contributed by atoms with E-state index in [4.69, 9.17) is 4.42 Å². The topological polar surface area (TPSA) is 13.1 Å². The minimum absolute atomic E-state index is 0.920. The van der Waals surface area contributed by atoms with Crippen LogP contribution in [0.1, 0.15) is 12.7 Å². The summed E-state index contributed by atoms with van der Waals surface area (Å²) in [4.78, 5) is 0. The fraction of sp³-hybridized carbons (Fsp3) is 0.273. The number of rotatable bonds is 5. The number of hydrogen-bond acceptors (Lipinski definition) is 4. The molecule has 0 unspecified atom stereocenters. The molecule has 0 saturated heterocycles. The summed E-state index contributed by atoms with van der Waals surface area (Å²) in [6.07, 6.45) is 1.72. The molecule has 0 radical (unpaired) electrons. The van der Waals surface area contributed by atoms with Crippen molar-refractivity contribution in [2.45, 2.75) is 21.1 Å². The lowest BCUT2D eigenvalue weighted by molar-refractivity contribution is 0.530. The van der Waals surface area contributed by atoms with Gasteiger partial charge < -0.3 is 4.42 Å². The molecular weight excluding hydrogens is 244 g/mol. The maximum absolute atomic E-state index is 5.29. The van der Waals surface area contributed by atoms with Crippen molar-refractivity contribution in [1.82, 2.24) is 0 Å². The normalized spacial score (nSPS) is 10.7. The van der Waals surface area contributed by atoms with Crippen LogP contribution in [0.15, 0.2) is 43.4 Å². The van der Waals surface area contributed by atoms with Gasteiger partial charge in [0, 0.05) is 0 Å². The first kappa shape index (κ1) is 11.2. The molecule has 2 rings (SSSR count). The zero-order valence-electron chi connectivity index (χ0n) is 8.43. The Bertz CT molecular complexity index is 392. The third kappa shape index (κ3) is 3.33. The third-order valence-corrected chi connectivity index (χ3v) is 5.22. The Hall–Kier alpha value is -0.320. The van der Waals surface area contributed by atoms with Crippen LogP contribution in [-0.2, 0) is 5.75 Å². The Morgan fingerprint density at radius 3 is 2.67 bits per heavy atom. The molecule has 0 aliphatic rings. The van der Waals surface area contributed by atoms with Crippen molar-refractivity contribution < 1.29 is 4.42 Å². The van der Waals surface area contributed by atoms with Crippen molar-refractivity contribution in [3.8, 4) is 0 Å². The molecule has 4 heteroatoms. The molecule has 2 heterocycles. The van der Waals surface area contributed by atoms with E-state index in [2.05, 4.69) is 19.1 Å². The summed E-state index contributed by atoms with van der Waals surface area (Å²) < 4.78 is 8.05. The standard InChI is InChI=1S/C11H12OS3/c1-2-13-10-5-6-11(15-10)14-8-9-4-3-7-12-9/h3-7H,2,8H2,1H3. The lowest BCUT2D eigenvalue weighted by Gasteiger charge is -1.94. The Morgan fingerprint density at radius 1 is 1.20 bits per heavy atom. The average molecular weight is 256 g/mol. The van der Waals surface area contributed by atoms with Gasteiger partial charge in [-0.2, -0.15) is 0 Å². The summed E-state index contributed by atoms with van der Waals surface area (Å²) in [7, 11) is 0. The van der Waals surface area contributed by atoms with Gasteiger partial charge in [-0.1, -0.05) is 6.92 Å². The number of thiophene rings is 1. The average Bonchev–Trinajstić information content (AvgIpc) is 2.85. The lowest BCUT2D eigenvalue weighted by atomic mass is 10.5. The van der Waals surface area contributed by atoms with Crippen molar-refractivity contribution in [1.29, 1.82) is 0 Å². The smallest absolute Gasteiger partial charge is 0.114 e. The predicted molar refractivity (Wildman–Crippen MR) is 69.0 cm³/mol. The highest BCUT2D eigenvalue weighted by Gasteiger charge is 2.02. The molecule has 0 bridgehead atoms. The maximum Gasteiger partial charge on any atom is 0.114 e. The predicted octanol–water partition coefficient (Wildman–Crippen LogP) is 4.75. The van der Waals surface area contributed by atoms with Crippen molar-refractivity contribution >= 4 is 34.9 Å². The summed E-state index contributed by atoms with van der Waals surface area (Å²) in [5.41, 5.74) is 0. The molecule has 0 aromatic carbocycles. The molecule has 0 N–H and O–H groups in total.